The first-order valence-corrected chi connectivity index (χ1v) is 11.8. The lowest BCUT2D eigenvalue weighted by atomic mass is 9.78. The van der Waals surface area contributed by atoms with Crippen LogP contribution < -0.4 is 9.47 Å². The molecule has 3 aromatic rings. The first kappa shape index (κ1) is 22.1. The molecule has 0 radical (unpaired) electrons. The van der Waals surface area contributed by atoms with Crippen molar-refractivity contribution in [3.05, 3.63) is 59.5 Å². The van der Waals surface area contributed by atoms with Gasteiger partial charge in [0.1, 0.15) is 17.6 Å². The van der Waals surface area contributed by atoms with Gasteiger partial charge in [-0.15, -0.1) is 10.2 Å². The number of benzene rings is 2. The second-order valence-corrected chi connectivity index (χ2v) is 9.82. The van der Waals surface area contributed by atoms with E-state index >= 15 is 0 Å². The summed E-state index contributed by atoms with van der Waals surface area (Å²) in [5.41, 5.74) is 3.70. The highest BCUT2D eigenvalue weighted by Crippen LogP contribution is 2.38. The molecule has 0 saturated carbocycles. The summed E-state index contributed by atoms with van der Waals surface area (Å²) in [6.07, 6.45) is -0.0537. The van der Waals surface area contributed by atoms with E-state index in [2.05, 4.69) is 34.2 Å². The van der Waals surface area contributed by atoms with Gasteiger partial charge in [0.2, 0.25) is 5.89 Å². The van der Waals surface area contributed by atoms with Gasteiger partial charge in [0.25, 0.3) is 0 Å². The molecule has 35 heavy (non-hydrogen) atoms. The van der Waals surface area contributed by atoms with Crippen LogP contribution in [0.5, 0.6) is 11.5 Å². The van der Waals surface area contributed by atoms with Gasteiger partial charge in [0.05, 0.1) is 33.4 Å². The lowest BCUT2D eigenvalue weighted by Crippen LogP contribution is -2.65. The van der Waals surface area contributed by atoms with Gasteiger partial charge >= 0.3 is 11.8 Å². The number of carbonyl (C=O) groups is 1. The van der Waals surface area contributed by atoms with Crippen LogP contribution in [0.2, 0.25) is 0 Å². The second-order valence-electron chi connectivity index (χ2n) is 9.82. The van der Waals surface area contributed by atoms with Crippen LogP contribution in [0.4, 0.5) is 0 Å². The lowest BCUT2D eigenvalue weighted by Gasteiger charge is -2.55. The molecule has 1 amide bonds. The molecule has 3 aliphatic rings. The van der Waals surface area contributed by atoms with Crippen molar-refractivity contribution in [3.63, 3.8) is 0 Å². The molecular weight excluding hydrogens is 448 g/mol. The van der Waals surface area contributed by atoms with Crippen molar-refractivity contribution in [1.29, 1.82) is 0 Å². The van der Waals surface area contributed by atoms with E-state index in [0.29, 0.717) is 24.4 Å². The first-order chi connectivity index (χ1) is 17.0. The molecule has 0 atom stereocenters. The SMILES string of the molecule is COc1ccc(-c2nnc(C(=O)N3CC(Oc4ccc(CN5CC6(COC6)C5)c(C)c4)C3)o2)cc1. The summed E-state index contributed by atoms with van der Waals surface area (Å²) < 4.78 is 22.2. The Morgan fingerprint density at radius 2 is 1.83 bits per heavy atom. The summed E-state index contributed by atoms with van der Waals surface area (Å²) in [6, 6.07) is 13.5. The molecule has 9 heteroatoms. The largest absolute Gasteiger partial charge is 0.497 e. The molecule has 3 aliphatic heterocycles. The number of carbonyl (C=O) groups excluding carboxylic acids is 1. The van der Waals surface area contributed by atoms with Gasteiger partial charge in [-0.2, -0.15) is 0 Å². The Kier molecular flexibility index (Phi) is 5.46. The van der Waals surface area contributed by atoms with Crippen molar-refractivity contribution in [3.8, 4) is 23.0 Å². The minimum absolute atomic E-state index is 0.0179. The molecule has 9 nitrogen and oxygen atoms in total. The highest BCUT2D eigenvalue weighted by Gasteiger charge is 2.48. The average molecular weight is 477 g/mol. The van der Waals surface area contributed by atoms with Crippen LogP contribution in [0.25, 0.3) is 11.5 Å². The number of rotatable bonds is 7. The summed E-state index contributed by atoms with van der Waals surface area (Å²) in [5, 5.41) is 7.94. The summed E-state index contributed by atoms with van der Waals surface area (Å²) in [6.45, 7) is 8.12. The molecule has 3 saturated heterocycles. The fraction of sp³-hybridized carbons (Fsp3) is 0.423. The number of ether oxygens (including phenoxy) is 3. The summed E-state index contributed by atoms with van der Waals surface area (Å²) in [7, 11) is 1.60. The van der Waals surface area contributed by atoms with Crippen LogP contribution in [0.3, 0.4) is 0 Å². The fourth-order valence-corrected chi connectivity index (χ4v) is 4.91. The third kappa shape index (κ3) is 4.26. The number of hydrogen-bond acceptors (Lipinski definition) is 8. The van der Waals surface area contributed by atoms with Crippen LogP contribution in [-0.2, 0) is 11.3 Å². The molecule has 0 N–H and O–H groups in total. The van der Waals surface area contributed by atoms with Gasteiger partial charge in [-0.3, -0.25) is 9.69 Å². The van der Waals surface area contributed by atoms with E-state index in [1.807, 2.05) is 18.2 Å². The number of aromatic nitrogens is 2. The monoisotopic (exact) mass is 476 g/mol. The second kappa shape index (κ2) is 8.66. The topological polar surface area (TPSA) is 90.2 Å². The zero-order valence-electron chi connectivity index (χ0n) is 19.9. The van der Waals surface area contributed by atoms with Crippen molar-refractivity contribution >= 4 is 5.91 Å². The standard InChI is InChI=1S/C26H28N4O5/c1-17-9-21(8-5-19(17)10-29-13-26(14-29)15-33-16-26)34-22-11-30(12-22)25(31)24-28-27-23(35-24)18-3-6-20(32-2)7-4-18/h3-9,22H,10-16H2,1-2H3. The maximum Gasteiger partial charge on any atom is 0.311 e. The van der Waals surface area contributed by atoms with E-state index < -0.39 is 0 Å². The Balaban J connectivity index is 0.999. The smallest absolute Gasteiger partial charge is 0.311 e. The maximum absolute atomic E-state index is 12.7. The Bertz CT molecular complexity index is 1220. The molecular formula is C26H28N4O5. The van der Waals surface area contributed by atoms with E-state index in [-0.39, 0.29) is 17.9 Å². The quantitative estimate of drug-likeness (QED) is 0.514. The molecule has 182 valence electrons. The summed E-state index contributed by atoms with van der Waals surface area (Å²) in [4.78, 5) is 16.8. The predicted molar refractivity (Wildman–Crippen MR) is 126 cm³/mol. The maximum atomic E-state index is 12.7. The fourth-order valence-electron chi connectivity index (χ4n) is 4.91. The van der Waals surface area contributed by atoms with E-state index in [4.69, 9.17) is 18.6 Å². The van der Waals surface area contributed by atoms with Crippen molar-refractivity contribution in [2.75, 3.05) is 46.5 Å². The third-order valence-corrected chi connectivity index (χ3v) is 7.03. The average Bonchev–Trinajstić information content (AvgIpc) is 3.28. The van der Waals surface area contributed by atoms with Crippen LogP contribution in [0.1, 0.15) is 21.8 Å². The van der Waals surface area contributed by atoms with E-state index in [0.717, 1.165) is 49.9 Å². The van der Waals surface area contributed by atoms with Gasteiger partial charge in [-0.25, -0.2) is 0 Å². The molecule has 6 rings (SSSR count). The molecule has 0 aliphatic carbocycles. The first-order valence-electron chi connectivity index (χ1n) is 11.8. The predicted octanol–water partition coefficient (Wildman–Crippen LogP) is 2.79. The molecule has 0 unspecified atom stereocenters. The number of aryl methyl sites for hydroxylation is 1. The van der Waals surface area contributed by atoms with Crippen LogP contribution in [0.15, 0.2) is 46.9 Å². The van der Waals surface area contributed by atoms with Crippen LogP contribution in [0, 0.1) is 12.3 Å². The molecule has 0 bridgehead atoms. The number of likely N-dealkylation sites (tertiary alicyclic amines) is 2. The Labute approximate surface area is 203 Å². The van der Waals surface area contributed by atoms with Crippen molar-refractivity contribution < 1.29 is 23.4 Å². The highest BCUT2D eigenvalue weighted by atomic mass is 16.5. The molecule has 4 heterocycles. The summed E-state index contributed by atoms with van der Waals surface area (Å²) in [5.74, 6) is 1.56. The number of nitrogens with zero attached hydrogens (tertiary/aromatic N) is 4. The van der Waals surface area contributed by atoms with Gasteiger partial charge in [0.15, 0.2) is 0 Å². The molecule has 1 aromatic heterocycles. The zero-order chi connectivity index (χ0) is 24.0. The molecule has 3 fully saturated rings. The summed E-state index contributed by atoms with van der Waals surface area (Å²) >= 11 is 0. The molecule has 2 aromatic carbocycles. The highest BCUT2D eigenvalue weighted by molar-refractivity contribution is 5.90. The minimum Gasteiger partial charge on any atom is -0.497 e. The Morgan fingerprint density at radius 1 is 1.09 bits per heavy atom. The lowest BCUT2D eigenvalue weighted by molar-refractivity contribution is -0.191. The van der Waals surface area contributed by atoms with Crippen LogP contribution in [-0.4, -0.2) is 78.5 Å². The van der Waals surface area contributed by atoms with Gasteiger partial charge in [0, 0.05) is 30.6 Å². The van der Waals surface area contributed by atoms with E-state index in [1.165, 1.54) is 11.1 Å². The molecule has 1 spiro atoms. The number of amides is 1. The van der Waals surface area contributed by atoms with Gasteiger partial charge < -0.3 is 23.5 Å². The number of methoxy groups -OCH3 is 1. The Morgan fingerprint density at radius 3 is 2.49 bits per heavy atom. The van der Waals surface area contributed by atoms with Gasteiger partial charge in [-0.1, -0.05) is 6.07 Å². The van der Waals surface area contributed by atoms with Gasteiger partial charge in [-0.05, 0) is 54.4 Å². The van der Waals surface area contributed by atoms with Crippen molar-refractivity contribution in [2.24, 2.45) is 5.41 Å². The third-order valence-electron chi connectivity index (χ3n) is 7.03. The minimum atomic E-state index is -0.284. The van der Waals surface area contributed by atoms with E-state index in [9.17, 15) is 4.79 Å². The van der Waals surface area contributed by atoms with Crippen molar-refractivity contribution in [2.45, 2.75) is 19.6 Å². The number of hydrogen-bond donors (Lipinski definition) is 0. The van der Waals surface area contributed by atoms with E-state index in [1.54, 1.807) is 24.1 Å². The zero-order valence-corrected chi connectivity index (χ0v) is 19.9. The Hall–Kier alpha value is -3.43. The van der Waals surface area contributed by atoms with Crippen molar-refractivity contribution in [1.82, 2.24) is 20.0 Å². The normalized spacial score (nSPS) is 19.1. The van der Waals surface area contributed by atoms with Crippen LogP contribution >= 0.6 is 0 Å².